The predicted molar refractivity (Wildman–Crippen MR) is 73.0 cm³/mol. The lowest BCUT2D eigenvalue weighted by atomic mass is 10.2. The average molecular weight is 304 g/mol. The van der Waals surface area contributed by atoms with Crippen LogP contribution < -0.4 is 5.73 Å². The highest BCUT2D eigenvalue weighted by Crippen LogP contribution is 2.25. The van der Waals surface area contributed by atoms with Crippen LogP contribution in [0.3, 0.4) is 0 Å². The Morgan fingerprint density at radius 3 is 2.32 bits per heavy atom. The van der Waals surface area contributed by atoms with Gasteiger partial charge in [-0.15, -0.1) is 11.3 Å². The Kier molecular flexibility index (Phi) is 4.70. The van der Waals surface area contributed by atoms with Gasteiger partial charge in [0.25, 0.3) is 0 Å². The van der Waals surface area contributed by atoms with Gasteiger partial charge in [0.2, 0.25) is 10.0 Å². The van der Waals surface area contributed by atoms with Crippen molar-refractivity contribution in [2.75, 3.05) is 6.26 Å². The molecule has 1 aromatic rings. The number of sulfonamides is 1. The third-order valence-corrected chi connectivity index (χ3v) is 4.85. The maximum atomic E-state index is 11.5. The summed E-state index contributed by atoms with van der Waals surface area (Å²) in [5, 5.41) is 0. The highest BCUT2D eigenvalue weighted by molar-refractivity contribution is 7.89. The monoisotopic (exact) mass is 304 g/mol. The molecule has 0 unspecified atom stereocenters. The maximum Gasteiger partial charge on any atom is 0.325 e. The standard InChI is InChI=1S/C11H16N2O4S2/c1-7(2)9-5-4-8(18-9)6-13(19(3,16)17)11(15)10(12)14/h4-5,7H,6H2,1-3H3,(H2,12,14). The van der Waals surface area contributed by atoms with E-state index in [-0.39, 0.29) is 6.54 Å². The Hall–Kier alpha value is -1.41. The summed E-state index contributed by atoms with van der Waals surface area (Å²) in [5.74, 6) is -2.19. The van der Waals surface area contributed by atoms with E-state index in [1.807, 2.05) is 19.9 Å². The Morgan fingerprint density at radius 1 is 1.37 bits per heavy atom. The lowest BCUT2D eigenvalue weighted by Gasteiger charge is -2.17. The van der Waals surface area contributed by atoms with Crippen molar-refractivity contribution in [3.63, 3.8) is 0 Å². The number of carbonyl (C=O) groups is 2. The molecule has 0 aliphatic carbocycles. The Labute approximate surface area is 116 Å². The molecule has 0 atom stereocenters. The van der Waals surface area contributed by atoms with Crippen LogP contribution in [0.5, 0.6) is 0 Å². The zero-order chi connectivity index (χ0) is 14.8. The van der Waals surface area contributed by atoms with Crippen LogP contribution in [0.25, 0.3) is 0 Å². The van der Waals surface area contributed by atoms with E-state index < -0.39 is 21.8 Å². The Bertz CT molecular complexity index is 590. The fraction of sp³-hybridized carbons (Fsp3) is 0.455. The fourth-order valence-corrected chi connectivity index (χ4v) is 3.24. The van der Waals surface area contributed by atoms with Gasteiger partial charge < -0.3 is 5.73 Å². The van der Waals surface area contributed by atoms with Crippen LogP contribution in [-0.2, 0) is 26.2 Å². The van der Waals surface area contributed by atoms with E-state index in [1.165, 1.54) is 11.3 Å². The van der Waals surface area contributed by atoms with Crippen molar-refractivity contribution in [2.45, 2.75) is 26.3 Å². The average Bonchev–Trinajstić information content (AvgIpc) is 2.71. The van der Waals surface area contributed by atoms with Crippen molar-refractivity contribution in [2.24, 2.45) is 5.73 Å². The molecule has 0 saturated heterocycles. The lowest BCUT2D eigenvalue weighted by molar-refractivity contribution is -0.141. The molecular weight excluding hydrogens is 288 g/mol. The third kappa shape index (κ3) is 4.03. The topological polar surface area (TPSA) is 97.5 Å². The number of carbonyl (C=O) groups excluding carboxylic acids is 2. The Morgan fingerprint density at radius 2 is 1.95 bits per heavy atom. The van der Waals surface area contributed by atoms with E-state index in [2.05, 4.69) is 0 Å². The minimum absolute atomic E-state index is 0.169. The van der Waals surface area contributed by atoms with Gasteiger partial charge in [-0.25, -0.2) is 12.7 Å². The van der Waals surface area contributed by atoms with Crippen LogP contribution >= 0.6 is 11.3 Å². The molecule has 1 heterocycles. The summed E-state index contributed by atoms with van der Waals surface area (Å²) in [6.07, 6.45) is 0.866. The molecule has 1 aromatic heterocycles. The second-order valence-corrected chi connectivity index (χ2v) is 7.50. The van der Waals surface area contributed by atoms with Crippen molar-refractivity contribution in [3.8, 4) is 0 Å². The number of primary amides is 1. The molecule has 0 aliphatic heterocycles. The molecule has 2 N–H and O–H groups in total. The molecule has 0 spiro atoms. The van der Waals surface area contributed by atoms with Gasteiger partial charge in [0.1, 0.15) is 0 Å². The van der Waals surface area contributed by atoms with Gasteiger partial charge in [-0.3, -0.25) is 9.59 Å². The zero-order valence-corrected chi connectivity index (χ0v) is 12.5. The number of thiophene rings is 1. The molecule has 0 saturated carbocycles. The highest BCUT2D eigenvalue weighted by Gasteiger charge is 2.28. The summed E-state index contributed by atoms with van der Waals surface area (Å²) >= 11 is 1.40. The summed E-state index contributed by atoms with van der Waals surface area (Å²) in [6, 6.07) is 3.62. The molecule has 2 amide bonds. The van der Waals surface area contributed by atoms with Crippen LogP contribution in [0.15, 0.2) is 12.1 Å². The SMILES string of the molecule is CC(C)c1ccc(CN(C(=O)C(N)=O)S(C)(=O)=O)s1. The van der Waals surface area contributed by atoms with Crippen LogP contribution in [0.1, 0.15) is 29.5 Å². The van der Waals surface area contributed by atoms with Crippen molar-refractivity contribution in [1.82, 2.24) is 4.31 Å². The summed E-state index contributed by atoms with van der Waals surface area (Å²) in [7, 11) is -3.83. The molecule has 0 radical (unpaired) electrons. The number of hydrogen-bond acceptors (Lipinski definition) is 5. The molecule has 0 aromatic carbocycles. The molecule has 0 aliphatic rings. The van der Waals surface area contributed by atoms with Crippen LogP contribution in [0.4, 0.5) is 0 Å². The van der Waals surface area contributed by atoms with Crippen molar-refractivity contribution >= 4 is 33.2 Å². The molecule has 0 bridgehead atoms. The minimum atomic E-state index is -3.83. The zero-order valence-electron chi connectivity index (χ0n) is 10.9. The first kappa shape index (κ1) is 15.6. The van der Waals surface area contributed by atoms with Crippen molar-refractivity contribution in [1.29, 1.82) is 0 Å². The normalized spacial score (nSPS) is 11.6. The number of nitrogens with two attached hydrogens (primary N) is 1. The smallest absolute Gasteiger partial charge is 0.325 e. The summed E-state index contributed by atoms with van der Waals surface area (Å²) in [5.41, 5.74) is 4.85. The Balaban J connectivity index is 3.01. The third-order valence-electron chi connectivity index (χ3n) is 2.39. The second kappa shape index (κ2) is 5.70. The second-order valence-electron chi connectivity index (χ2n) is 4.40. The number of rotatable bonds is 4. The molecule has 19 heavy (non-hydrogen) atoms. The molecular formula is C11H16N2O4S2. The fourth-order valence-electron chi connectivity index (χ4n) is 1.39. The first-order chi connectivity index (χ1) is 8.62. The largest absolute Gasteiger partial charge is 0.361 e. The van der Waals surface area contributed by atoms with E-state index in [1.54, 1.807) is 6.07 Å². The molecule has 6 nitrogen and oxygen atoms in total. The van der Waals surface area contributed by atoms with Gasteiger partial charge in [0, 0.05) is 9.75 Å². The molecule has 106 valence electrons. The lowest BCUT2D eigenvalue weighted by Crippen LogP contribution is -2.42. The quantitative estimate of drug-likeness (QED) is 0.826. The van der Waals surface area contributed by atoms with Gasteiger partial charge in [0.05, 0.1) is 12.8 Å². The van der Waals surface area contributed by atoms with E-state index >= 15 is 0 Å². The van der Waals surface area contributed by atoms with E-state index in [9.17, 15) is 18.0 Å². The van der Waals surface area contributed by atoms with Crippen LogP contribution in [0.2, 0.25) is 0 Å². The van der Waals surface area contributed by atoms with Gasteiger partial charge in [0.15, 0.2) is 0 Å². The van der Waals surface area contributed by atoms with Gasteiger partial charge in [-0.2, -0.15) is 0 Å². The number of hydrogen-bond donors (Lipinski definition) is 1. The highest BCUT2D eigenvalue weighted by atomic mass is 32.2. The van der Waals surface area contributed by atoms with Gasteiger partial charge >= 0.3 is 11.8 Å². The summed E-state index contributed by atoms with van der Waals surface area (Å²) in [4.78, 5) is 24.1. The molecule has 1 rings (SSSR count). The minimum Gasteiger partial charge on any atom is -0.361 e. The summed E-state index contributed by atoms with van der Waals surface area (Å²) < 4.78 is 23.5. The summed E-state index contributed by atoms with van der Waals surface area (Å²) in [6.45, 7) is 3.86. The van der Waals surface area contributed by atoms with E-state index in [0.29, 0.717) is 15.1 Å². The maximum absolute atomic E-state index is 11.5. The van der Waals surface area contributed by atoms with E-state index in [4.69, 9.17) is 5.73 Å². The predicted octanol–water partition coefficient (Wildman–Crippen LogP) is 0.645. The van der Waals surface area contributed by atoms with Crippen LogP contribution in [-0.4, -0.2) is 30.8 Å². The molecule has 8 heteroatoms. The first-order valence-corrected chi connectivity index (χ1v) is 8.19. The van der Waals surface area contributed by atoms with Crippen molar-refractivity contribution in [3.05, 3.63) is 21.9 Å². The number of nitrogens with zero attached hydrogens (tertiary/aromatic N) is 1. The van der Waals surface area contributed by atoms with Gasteiger partial charge in [-0.1, -0.05) is 13.8 Å². The molecule has 0 fully saturated rings. The first-order valence-electron chi connectivity index (χ1n) is 5.53. The van der Waals surface area contributed by atoms with E-state index in [0.717, 1.165) is 11.1 Å². The van der Waals surface area contributed by atoms with Crippen molar-refractivity contribution < 1.29 is 18.0 Å². The van der Waals surface area contributed by atoms with Gasteiger partial charge in [-0.05, 0) is 18.1 Å². The number of amides is 2. The van der Waals surface area contributed by atoms with Crippen LogP contribution in [0, 0.1) is 0 Å².